The number of ether oxygens (including phenoxy) is 1. The van der Waals surface area contributed by atoms with Gasteiger partial charge in [-0.05, 0) is 26.2 Å². The summed E-state index contributed by atoms with van der Waals surface area (Å²) in [4.78, 5) is 46.5. The number of aryl methyl sites for hydroxylation is 1. The zero-order valence-corrected chi connectivity index (χ0v) is 16.0. The summed E-state index contributed by atoms with van der Waals surface area (Å²) in [6, 6.07) is 8.88. The van der Waals surface area contributed by atoms with E-state index in [4.69, 9.17) is 9.15 Å². The minimum Gasteiger partial charge on any atom is -0.444 e. The molecule has 1 amide bonds. The molecule has 1 fully saturated rings. The number of nitrogens with zero attached hydrogens (tertiary/aromatic N) is 2. The van der Waals surface area contributed by atoms with E-state index in [0.29, 0.717) is 18.7 Å². The number of carbonyl (C=O) groups excluding carboxylic acids is 2. The van der Waals surface area contributed by atoms with Crippen LogP contribution >= 0.6 is 0 Å². The first-order chi connectivity index (χ1) is 14.1. The summed E-state index contributed by atoms with van der Waals surface area (Å²) in [5.74, 6) is -0.841. The third kappa shape index (κ3) is 3.65. The monoisotopic (exact) mass is 395 g/mol. The smallest absolute Gasteiger partial charge is 0.343 e. The van der Waals surface area contributed by atoms with Crippen molar-refractivity contribution >= 4 is 23.0 Å². The molecule has 1 aliphatic heterocycles. The molecule has 29 heavy (non-hydrogen) atoms. The molecule has 2 aromatic heterocycles. The highest BCUT2D eigenvalue weighted by Crippen LogP contribution is 2.27. The lowest BCUT2D eigenvalue weighted by molar-refractivity contribution is -0.142. The van der Waals surface area contributed by atoms with Crippen LogP contribution in [0.15, 0.2) is 45.9 Å². The Labute approximate surface area is 166 Å². The van der Waals surface area contributed by atoms with Gasteiger partial charge in [0.2, 0.25) is 11.8 Å². The molecule has 0 bridgehead atoms. The highest BCUT2D eigenvalue weighted by molar-refractivity contribution is 6.04. The fourth-order valence-electron chi connectivity index (χ4n) is 3.63. The summed E-state index contributed by atoms with van der Waals surface area (Å²) in [5, 5.41) is 0.0206. The van der Waals surface area contributed by atoms with Gasteiger partial charge in [0, 0.05) is 18.7 Å². The van der Waals surface area contributed by atoms with Crippen molar-refractivity contribution in [2.45, 2.75) is 32.3 Å². The Balaban J connectivity index is 1.70. The fourth-order valence-corrected chi connectivity index (χ4v) is 3.63. The standard InChI is InChI=1S/C21H21N3O5/c1-13-15(16-18(25)22-12-23-19(16)28-13)21(27)29-17(14-8-4-2-5-9-14)20(26)24-10-6-3-7-11-24/h2,4-5,8-9,12,17H,3,6-7,10-11H2,1H3,(H,22,23,25). The lowest BCUT2D eigenvalue weighted by Crippen LogP contribution is -2.40. The first-order valence-electron chi connectivity index (χ1n) is 9.58. The van der Waals surface area contributed by atoms with E-state index in [0.717, 1.165) is 19.3 Å². The van der Waals surface area contributed by atoms with Crippen LogP contribution in [-0.2, 0) is 9.53 Å². The Hall–Kier alpha value is -3.42. The van der Waals surface area contributed by atoms with Crippen LogP contribution in [-0.4, -0.2) is 39.8 Å². The number of hydrogen-bond donors (Lipinski definition) is 1. The number of benzene rings is 1. The number of amides is 1. The van der Waals surface area contributed by atoms with Crippen LogP contribution in [0, 0.1) is 6.92 Å². The second-order valence-electron chi connectivity index (χ2n) is 7.03. The Morgan fingerprint density at radius 3 is 2.62 bits per heavy atom. The predicted molar refractivity (Wildman–Crippen MR) is 104 cm³/mol. The first-order valence-corrected chi connectivity index (χ1v) is 9.58. The molecule has 150 valence electrons. The summed E-state index contributed by atoms with van der Waals surface area (Å²) < 4.78 is 11.1. The molecule has 3 aromatic rings. The number of carbonyl (C=O) groups is 2. The summed E-state index contributed by atoms with van der Waals surface area (Å²) in [6.45, 7) is 2.83. The molecule has 1 saturated heterocycles. The second-order valence-corrected chi connectivity index (χ2v) is 7.03. The predicted octanol–water partition coefficient (Wildman–Crippen LogP) is 2.74. The Bertz CT molecular complexity index is 1100. The number of rotatable bonds is 4. The van der Waals surface area contributed by atoms with E-state index in [1.807, 2.05) is 6.07 Å². The molecule has 1 unspecified atom stereocenters. The number of hydrogen-bond acceptors (Lipinski definition) is 6. The third-order valence-corrected chi connectivity index (χ3v) is 5.09. The van der Waals surface area contributed by atoms with Gasteiger partial charge in [-0.15, -0.1) is 0 Å². The number of likely N-dealkylation sites (tertiary alicyclic amines) is 1. The number of furan rings is 1. The van der Waals surface area contributed by atoms with Crippen molar-refractivity contribution in [2.75, 3.05) is 13.1 Å². The molecule has 0 aliphatic carbocycles. The van der Waals surface area contributed by atoms with E-state index in [-0.39, 0.29) is 28.3 Å². The number of esters is 1. The zero-order chi connectivity index (χ0) is 20.4. The van der Waals surface area contributed by atoms with Gasteiger partial charge >= 0.3 is 5.97 Å². The average molecular weight is 395 g/mol. The van der Waals surface area contributed by atoms with Crippen molar-refractivity contribution in [3.63, 3.8) is 0 Å². The Morgan fingerprint density at radius 2 is 1.90 bits per heavy atom. The fraction of sp³-hybridized carbons (Fsp3) is 0.333. The molecule has 1 aromatic carbocycles. The van der Waals surface area contributed by atoms with Gasteiger partial charge in [-0.25, -0.2) is 9.78 Å². The minimum atomic E-state index is -1.10. The molecular formula is C21H21N3O5. The van der Waals surface area contributed by atoms with Crippen LogP contribution in [0.2, 0.25) is 0 Å². The van der Waals surface area contributed by atoms with Crippen LogP contribution < -0.4 is 5.56 Å². The molecule has 0 radical (unpaired) electrons. The quantitative estimate of drug-likeness (QED) is 0.681. The highest BCUT2D eigenvalue weighted by Gasteiger charge is 2.33. The van der Waals surface area contributed by atoms with Gasteiger partial charge in [0.25, 0.3) is 11.5 Å². The summed E-state index contributed by atoms with van der Waals surface area (Å²) in [7, 11) is 0. The van der Waals surface area contributed by atoms with E-state index in [2.05, 4.69) is 9.97 Å². The molecule has 0 spiro atoms. The van der Waals surface area contributed by atoms with Gasteiger partial charge in [0.15, 0.2) is 0 Å². The van der Waals surface area contributed by atoms with Crippen molar-refractivity contribution in [3.05, 3.63) is 63.9 Å². The number of fused-ring (bicyclic) bond motifs is 1. The Kier molecular flexibility index (Phi) is 5.16. The number of piperidine rings is 1. The molecule has 1 aliphatic rings. The number of nitrogens with one attached hydrogen (secondary N) is 1. The van der Waals surface area contributed by atoms with Crippen molar-refractivity contribution in [3.8, 4) is 0 Å². The molecule has 4 rings (SSSR count). The topological polar surface area (TPSA) is 106 Å². The zero-order valence-electron chi connectivity index (χ0n) is 16.0. The summed E-state index contributed by atoms with van der Waals surface area (Å²) >= 11 is 0. The number of H-pyrrole nitrogens is 1. The van der Waals surface area contributed by atoms with Crippen LogP contribution in [0.4, 0.5) is 0 Å². The highest BCUT2D eigenvalue weighted by atomic mass is 16.5. The van der Waals surface area contributed by atoms with E-state index in [9.17, 15) is 14.4 Å². The van der Waals surface area contributed by atoms with Crippen LogP contribution in [0.25, 0.3) is 11.1 Å². The van der Waals surface area contributed by atoms with Crippen molar-refractivity contribution in [1.82, 2.24) is 14.9 Å². The third-order valence-electron chi connectivity index (χ3n) is 5.09. The molecule has 3 heterocycles. The average Bonchev–Trinajstić information content (AvgIpc) is 3.10. The van der Waals surface area contributed by atoms with Gasteiger partial charge in [-0.1, -0.05) is 30.3 Å². The molecule has 1 atom stereocenters. The molecular weight excluding hydrogens is 374 g/mol. The van der Waals surface area contributed by atoms with E-state index >= 15 is 0 Å². The SMILES string of the molecule is Cc1oc2nc[nH]c(=O)c2c1C(=O)OC(C(=O)N1CCCCC1)c1ccccc1. The summed E-state index contributed by atoms with van der Waals surface area (Å²) in [5.41, 5.74) is 0.116. The van der Waals surface area contributed by atoms with Crippen LogP contribution in [0.1, 0.15) is 47.0 Å². The van der Waals surface area contributed by atoms with Gasteiger partial charge in [0.05, 0.1) is 6.33 Å². The molecule has 0 saturated carbocycles. The second kappa shape index (κ2) is 7.90. The van der Waals surface area contributed by atoms with Crippen LogP contribution in [0.5, 0.6) is 0 Å². The lowest BCUT2D eigenvalue weighted by Gasteiger charge is -2.30. The van der Waals surface area contributed by atoms with Gasteiger partial charge in [-0.3, -0.25) is 9.59 Å². The maximum atomic E-state index is 13.2. The maximum absolute atomic E-state index is 13.2. The largest absolute Gasteiger partial charge is 0.444 e. The van der Waals surface area contributed by atoms with E-state index in [1.165, 1.54) is 6.33 Å². The van der Waals surface area contributed by atoms with Crippen molar-refractivity contribution in [1.29, 1.82) is 0 Å². The maximum Gasteiger partial charge on any atom is 0.343 e. The number of aromatic amines is 1. The van der Waals surface area contributed by atoms with Gasteiger partial charge in [-0.2, -0.15) is 0 Å². The normalized spacial score (nSPS) is 15.3. The lowest BCUT2D eigenvalue weighted by atomic mass is 10.1. The Morgan fingerprint density at radius 1 is 1.17 bits per heavy atom. The van der Waals surface area contributed by atoms with Gasteiger partial charge in [0.1, 0.15) is 16.7 Å². The molecule has 8 heteroatoms. The van der Waals surface area contributed by atoms with E-state index in [1.54, 1.807) is 36.1 Å². The summed E-state index contributed by atoms with van der Waals surface area (Å²) in [6.07, 6.45) is 3.04. The van der Waals surface area contributed by atoms with E-state index < -0.39 is 17.6 Å². The minimum absolute atomic E-state index is 0.0123. The first kappa shape index (κ1) is 18.9. The number of aromatic nitrogens is 2. The van der Waals surface area contributed by atoms with Crippen molar-refractivity contribution in [2.24, 2.45) is 0 Å². The van der Waals surface area contributed by atoms with Crippen molar-refractivity contribution < 1.29 is 18.7 Å². The van der Waals surface area contributed by atoms with Crippen LogP contribution in [0.3, 0.4) is 0 Å². The molecule has 1 N–H and O–H groups in total. The molecule has 8 nitrogen and oxygen atoms in total. The van der Waals surface area contributed by atoms with Gasteiger partial charge < -0.3 is 19.0 Å².